The molecule has 0 bridgehead atoms. The third kappa shape index (κ3) is 5.07. The summed E-state index contributed by atoms with van der Waals surface area (Å²) < 4.78 is 11.1. The van der Waals surface area contributed by atoms with Crippen molar-refractivity contribution in [3.05, 3.63) is 65.5 Å². The van der Waals surface area contributed by atoms with Crippen molar-refractivity contribution < 1.29 is 24.2 Å². The van der Waals surface area contributed by atoms with Gasteiger partial charge in [-0.1, -0.05) is 6.07 Å². The SMILES string of the molecule is CC(C)Oc1ccc(C(O)=C2C(=O)C(=O)N(CCN3CCOCC3)[C@H]2c2cccnc2)cc1. The van der Waals surface area contributed by atoms with Gasteiger partial charge in [0.15, 0.2) is 0 Å². The van der Waals surface area contributed by atoms with E-state index in [1.165, 1.54) is 4.90 Å². The van der Waals surface area contributed by atoms with Gasteiger partial charge >= 0.3 is 0 Å². The van der Waals surface area contributed by atoms with Crippen LogP contribution >= 0.6 is 0 Å². The third-order valence-electron chi connectivity index (χ3n) is 5.80. The van der Waals surface area contributed by atoms with Crippen LogP contribution in [0.15, 0.2) is 54.4 Å². The average Bonchev–Trinajstić information content (AvgIpc) is 3.08. The summed E-state index contributed by atoms with van der Waals surface area (Å²) in [6, 6.07) is 9.73. The lowest BCUT2D eigenvalue weighted by Crippen LogP contribution is -2.42. The number of carbonyl (C=O) groups is 2. The van der Waals surface area contributed by atoms with Gasteiger partial charge in [0.05, 0.1) is 30.9 Å². The Labute approximate surface area is 193 Å². The monoisotopic (exact) mass is 451 g/mol. The molecule has 4 rings (SSSR count). The smallest absolute Gasteiger partial charge is 0.295 e. The molecule has 2 aliphatic heterocycles. The van der Waals surface area contributed by atoms with E-state index in [0.717, 1.165) is 13.1 Å². The molecular weight excluding hydrogens is 422 g/mol. The van der Waals surface area contributed by atoms with Gasteiger partial charge in [-0.3, -0.25) is 19.5 Å². The van der Waals surface area contributed by atoms with E-state index in [0.29, 0.717) is 43.2 Å². The number of amides is 1. The lowest BCUT2D eigenvalue weighted by molar-refractivity contribution is -0.140. The van der Waals surface area contributed by atoms with Crippen molar-refractivity contribution >= 4 is 17.4 Å². The Bertz CT molecular complexity index is 1010. The van der Waals surface area contributed by atoms with Gasteiger partial charge in [0.1, 0.15) is 11.5 Å². The number of hydrogen-bond donors (Lipinski definition) is 1. The molecule has 0 saturated carbocycles. The predicted octanol–water partition coefficient (Wildman–Crippen LogP) is 2.62. The molecule has 2 aliphatic rings. The zero-order valence-electron chi connectivity index (χ0n) is 18.9. The number of carbonyl (C=O) groups excluding carboxylic acids is 2. The molecule has 33 heavy (non-hydrogen) atoms. The second-order valence-electron chi connectivity index (χ2n) is 8.42. The van der Waals surface area contributed by atoms with Gasteiger partial charge in [0.25, 0.3) is 11.7 Å². The molecule has 2 aromatic rings. The number of hydrogen-bond acceptors (Lipinski definition) is 7. The standard InChI is InChI=1S/C25H29N3O5/c1-17(2)33-20-7-5-18(6-8-20)23(29)21-22(19-4-3-9-26-16-19)28(25(31)24(21)30)11-10-27-12-14-32-15-13-27/h3-9,16-17,22,29H,10-15H2,1-2H3/t22-/m0/s1. The Morgan fingerprint density at radius 1 is 1.15 bits per heavy atom. The average molecular weight is 452 g/mol. The zero-order valence-corrected chi connectivity index (χ0v) is 18.9. The summed E-state index contributed by atoms with van der Waals surface area (Å²) in [6.45, 7) is 7.72. The van der Waals surface area contributed by atoms with Crippen molar-refractivity contribution in [1.82, 2.24) is 14.8 Å². The molecule has 3 heterocycles. The minimum atomic E-state index is -0.702. The van der Waals surface area contributed by atoms with Gasteiger partial charge in [0.2, 0.25) is 0 Å². The molecule has 0 radical (unpaired) electrons. The number of aliphatic hydroxyl groups excluding tert-OH is 1. The Kier molecular flexibility index (Phi) is 7.05. The molecule has 1 atom stereocenters. The van der Waals surface area contributed by atoms with Gasteiger partial charge in [0, 0.05) is 44.1 Å². The highest BCUT2D eigenvalue weighted by Crippen LogP contribution is 2.39. The molecule has 1 amide bonds. The number of aliphatic hydroxyl groups is 1. The summed E-state index contributed by atoms with van der Waals surface area (Å²) in [7, 11) is 0. The first-order chi connectivity index (χ1) is 16.0. The number of rotatable bonds is 7. The molecule has 0 spiro atoms. The van der Waals surface area contributed by atoms with E-state index >= 15 is 0 Å². The number of likely N-dealkylation sites (tertiary alicyclic amines) is 1. The van der Waals surface area contributed by atoms with Crippen LogP contribution in [0.5, 0.6) is 5.75 Å². The summed E-state index contributed by atoms with van der Waals surface area (Å²) in [5.41, 5.74) is 1.21. The number of pyridine rings is 1. The number of morpholine rings is 1. The van der Waals surface area contributed by atoms with Crippen LogP contribution in [0.4, 0.5) is 0 Å². The maximum absolute atomic E-state index is 13.1. The molecule has 174 valence electrons. The van der Waals surface area contributed by atoms with Crippen LogP contribution in [0.2, 0.25) is 0 Å². The Morgan fingerprint density at radius 2 is 1.88 bits per heavy atom. The maximum Gasteiger partial charge on any atom is 0.295 e. The third-order valence-corrected chi connectivity index (χ3v) is 5.80. The molecule has 0 aliphatic carbocycles. The number of Topliss-reactive ketones (excluding diaryl/α,β-unsaturated/α-hetero) is 1. The van der Waals surface area contributed by atoms with Crippen molar-refractivity contribution in [3.8, 4) is 5.75 Å². The largest absolute Gasteiger partial charge is 0.507 e. The minimum Gasteiger partial charge on any atom is -0.507 e. The highest BCUT2D eigenvalue weighted by atomic mass is 16.5. The van der Waals surface area contributed by atoms with Crippen LogP contribution in [-0.2, 0) is 14.3 Å². The highest BCUT2D eigenvalue weighted by Gasteiger charge is 2.46. The van der Waals surface area contributed by atoms with Gasteiger partial charge in [-0.25, -0.2) is 0 Å². The van der Waals surface area contributed by atoms with Crippen molar-refractivity contribution in [3.63, 3.8) is 0 Å². The second-order valence-corrected chi connectivity index (χ2v) is 8.42. The first-order valence-electron chi connectivity index (χ1n) is 11.2. The number of benzene rings is 1. The van der Waals surface area contributed by atoms with Crippen LogP contribution in [0.1, 0.15) is 31.0 Å². The zero-order chi connectivity index (χ0) is 23.4. The van der Waals surface area contributed by atoms with E-state index < -0.39 is 17.7 Å². The van der Waals surface area contributed by atoms with Crippen molar-refractivity contribution in [2.75, 3.05) is 39.4 Å². The topological polar surface area (TPSA) is 92.2 Å². The molecule has 2 saturated heterocycles. The lowest BCUT2D eigenvalue weighted by atomic mass is 9.96. The number of nitrogens with zero attached hydrogens (tertiary/aromatic N) is 3. The Hall–Kier alpha value is -3.23. The van der Waals surface area contributed by atoms with E-state index in [9.17, 15) is 14.7 Å². The fourth-order valence-corrected chi connectivity index (χ4v) is 4.19. The van der Waals surface area contributed by atoms with Gasteiger partial charge in [-0.2, -0.15) is 0 Å². The van der Waals surface area contributed by atoms with Crippen molar-refractivity contribution in [1.29, 1.82) is 0 Å². The van der Waals surface area contributed by atoms with Crippen LogP contribution in [0, 0.1) is 0 Å². The maximum atomic E-state index is 13.1. The summed E-state index contributed by atoms with van der Waals surface area (Å²) in [6.07, 6.45) is 3.29. The normalized spacial score (nSPS) is 21.1. The predicted molar refractivity (Wildman–Crippen MR) is 123 cm³/mol. The number of ether oxygens (including phenoxy) is 2. The number of aromatic nitrogens is 1. The van der Waals surface area contributed by atoms with Crippen LogP contribution < -0.4 is 4.74 Å². The molecule has 8 heteroatoms. The van der Waals surface area contributed by atoms with Gasteiger partial charge in [-0.15, -0.1) is 0 Å². The molecule has 1 aromatic heterocycles. The fraction of sp³-hybridized carbons (Fsp3) is 0.400. The molecule has 1 aromatic carbocycles. The molecule has 2 fully saturated rings. The van der Waals surface area contributed by atoms with E-state index in [-0.39, 0.29) is 17.4 Å². The van der Waals surface area contributed by atoms with Gasteiger partial charge in [-0.05, 0) is 49.7 Å². The summed E-state index contributed by atoms with van der Waals surface area (Å²) in [5, 5.41) is 11.1. The van der Waals surface area contributed by atoms with Crippen molar-refractivity contribution in [2.24, 2.45) is 0 Å². The van der Waals surface area contributed by atoms with Gasteiger partial charge < -0.3 is 19.5 Å². The van der Waals surface area contributed by atoms with E-state index in [1.54, 1.807) is 42.7 Å². The van der Waals surface area contributed by atoms with Crippen LogP contribution in [0.25, 0.3) is 5.76 Å². The van der Waals surface area contributed by atoms with Crippen LogP contribution in [0.3, 0.4) is 0 Å². The Balaban J connectivity index is 1.67. The summed E-state index contributed by atoms with van der Waals surface area (Å²) in [4.78, 5) is 34.0. The molecule has 1 N–H and O–H groups in total. The van der Waals surface area contributed by atoms with E-state index in [4.69, 9.17) is 9.47 Å². The first kappa shape index (κ1) is 22.9. The van der Waals surface area contributed by atoms with Crippen molar-refractivity contribution in [2.45, 2.75) is 26.0 Å². The molecule has 0 unspecified atom stereocenters. The lowest BCUT2D eigenvalue weighted by Gasteiger charge is -2.30. The highest BCUT2D eigenvalue weighted by molar-refractivity contribution is 6.46. The Morgan fingerprint density at radius 3 is 2.52 bits per heavy atom. The van der Waals surface area contributed by atoms with E-state index in [1.807, 2.05) is 19.9 Å². The van der Waals surface area contributed by atoms with Crippen LogP contribution in [-0.4, -0.2) is 77.1 Å². The second kappa shape index (κ2) is 10.1. The number of ketones is 1. The van der Waals surface area contributed by atoms with E-state index in [2.05, 4.69) is 9.88 Å². The quantitative estimate of drug-likeness (QED) is 0.393. The first-order valence-corrected chi connectivity index (χ1v) is 11.2. The summed E-state index contributed by atoms with van der Waals surface area (Å²) >= 11 is 0. The minimum absolute atomic E-state index is 0.0202. The molecular formula is C25H29N3O5. The summed E-state index contributed by atoms with van der Waals surface area (Å²) in [5.74, 6) is -0.840. The molecule has 8 nitrogen and oxygen atoms in total. The fourth-order valence-electron chi connectivity index (χ4n) is 4.19.